The predicted molar refractivity (Wildman–Crippen MR) is 69.1 cm³/mol. The molecule has 2 rings (SSSR count). The quantitative estimate of drug-likeness (QED) is 0.782. The zero-order valence-corrected chi connectivity index (χ0v) is 10.8. The molecule has 1 aromatic carbocycles. The summed E-state index contributed by atoms with van der Waals surface area (Å²) in [5.74, 6) is -0.448. The van der Waals surface area contributed by atoms with Gasteiger partial charge in [-0.25, -0.2) is 4.39 Å². The van der Waals surface area contributed by atoms with Gasteiger partial charge in [0.25, 0.3) is 0 Å². The summed E-state index contributed by atoms with van der Waals surface area (Å²) >= 11 is 0. The number of aryl methyl sites for hydroxylation is 1. The summed E-state index contributed by atoms with van der Waals surface area (Å²) in [7, 11) is 0. The molecule has 0 saturated heterocycles. The lowest BCUT2D eigenvalue weighted by molar-refractivity contribution is 0.460. The highest BCUT2D eigenvalue weighted by atomic mass is 19.1. The van der Waals surface area contributed by atoms with Gasteiger partial charge in [0.1, 0.15) is 11.6 Å². The first-order chi connectivity index (χ1) is 9.16. The molecule has 1 unspecified atom stereocenters. The smallest absolute Gasteiger partial charge is 0.131 e. The number of phenolic OH excluding ortho intramolecular Hbond substituents is 1. The van der Waals surface area contributed by atoms with Crippen molar-refractivity contribution in [3.63, 3.8) is 0 Å². The van der Waals surface area contributed by atoms with Gasteiger partial charge in [-0.05, 0) is 26.0 Å². The van der Waals surface area contributed by atoms with Crippen LogP contribution in [0.5, 0.6) is 5.75 Å². The minimum absolute atomic E-state index is 0.0559. The molecule has 0 amide bonds. The van der Waals surface area contributed by atoms with Crippen molar-refractivity contribution in [1.29, 1.82) is 0 Å². The molecule has 5 nitrogen and oxygen atoms in total. The lowest BCUT2D eigenvalue weighted by Gasteiger charge is -2.15. The van der Waals surface area contributed by atoms with Gasteiger partial charge in [0.05, 0.1) is 6.20 Å². The monoisotopic (exact) mass is 264 g/mol. The topological polar surface area (TPSA) is 63.0 Å². The van der Waals surface area contributed by atoms with Crippen molar-refractivity contribution in [2.45, 2.75) is 25.9 Å². The van der Waals surface area contributed by atoms with Crippen LogP contribution in [-0.4, -0.2) is 26.6 Å². The number of hydrogen-bond acceptors (Lipinski definition) is 4. The second-order valence-electron chi connectivity index (χ2n) is 4.40. The predicted octanol–water partition coefficient (Wildman–Crippen LogP) is 1.86. The van der Waals surface area contributed by atoms with Gasteiger partial charge in [0.15, 0.2) is 0 Å². The van der Waals surface area contributed by atoms with Gasteiger partial charge in [0.2, 0.25) is 0 Å². The molecule has 0 aliphatic rings. The standard InChI is InChI=1S/C13H17FN4O/c1-10(12-4-3-11(19)9-13(12)14)15-5-2-7-18-8-6-16-17-18/h3-4,6,8-10,15,19H,2,5,7H2,1H3. The number of nitrogens with zero attached hydrogens (tertiary/aromatic N) is 3. The van der Waals surface area contributed by atoms with E-state index in [4.69, 9.17) is 5.11 Å². The normalized spacial score (nSPS) is 12.5. The molecule has 0 radical (unpaired) electrons. The zero-order valence-electron chi connectivity index (χ0n) is 10.8. The Morgan fingerprint density at radius 2 is 2.32 bits per heavy atom. The van der Waals surface area contributed by atoms with Crippen LogP contribution in [0.1, 0.15) is 24.9 Å². The second kappa shape index (κ2) is 6.29. The number of nitrogens with one attached hydrogen (secondary N) is 1. The number of aromatic hydroxyl groups is 1. The van der Waals surface area contributed by atoms with Crippen LogP contribution in [0.15, 0.2) is 30.6 Å². The Hall–Kier alpha value is -1.95. The summed E-state index contributed by atoms with van der Waals surface area (Å²) in [6, 6.07) is 4.12. The Morgan fingerprint density at radius 3 is 3.00 bits per heavy atom. The number of benzene rings is 1. The Kier molecular flexibility index (Phi) is 4.46. The van der Waals surface area contributed by atoms with Crippen LogP contribution in [-0.2, 0) is 6.54 Å². The van der Waals surface area contributed by atoms with E-state index in [2.05, 4.69) is 15.6 Å². The van der Waals surface area contributed by atoms with Crippen molar-refractivity contribution >= 4 is 0 Å². The first-order valence-corrected chi connectivity index (χ1v) is 6.22. The number of rotatable bonds is 6. The van der Waals surface area contributed by atoms with E-state index in [1.165, 1.54) is 6.07 Å². The molecule has 0 fully saturated rings. The Morgan fingerprint density at radius 1 is 1.47 bits per heavy atom. The number of phenols is 1. The van der Waals surface area contributed by atoms with Gasteiger partial charge in [-0.3, -0.25) is 4.68 Å². The van der Waals surface area contributed by atoms with Crippen LogP contribution >= 0.6 is 0 Å². The first kappa shape index (κ1) is 13.5. The summed E-state index contributed by atoms with van der Waals surface area (Å²) < 4.78 is 15.4. The van der Waals surface area contributed by atoms with Crippen molar-refractivity contribution in [3.8, 4) is 5.75 Å². The first-order valence-electron chi connectivity index (χ1n) is 6.22. The number of hydrogen-bond donors (Lipinski definition) is 2. The molecule has 102 valence electrons. The van der Waals surface area contributed by atoms with Crippen LogP contribution in [0.3, 0.4) is 0 Å². The van der Waals surface area contributed by atoms with E-state index in [0.717, 1.165) is 25.6 Å². The van der Waals surface area contributed by atoms with Gasteiger partial charge in [0, 0.05) is 30.4 Å². The van der Waals surface area contributed by atoms with Crippen molar-refractivity contribution in [2.75, 3.05) is 6.54 Å². The van der Waals surface area contributed by atoms with Crippen LogP contribution in [0.4, 0.5) is 4.39 Å². The van der Waals surface area contributed by atoms with Crippen LogP contribution in [0.25, 0.3) is 0 Å². The third-order valence-electron chi connectivity index (χ3n) is 2.94. The summed E-state index contributed by atoms with van der Waals surface area (Å²) in [6.07, 6.45) is 4.33. The Balaban J connectivity index is 1.79. The minimum Gasteiger partial charge on any atom is -0.508 e. The molecule has 0 spiro atoms. The molecule has 0 aliphatic carbocycles. The average Bonchev–Trinajstić information content (AvgIpc) is 2.87. The number of aromatic nitrogens is 3. The zero-order chi connectivity index (χ0) is 13.7. The molecule has 2 N–H and O–H groups in total. The van der Waals surface area contributed by atoms with E-state index in [9.17, 15) is 4.39 Å². The van der Waals surface area contributed by atoms with E-state index >= 15 is 0 Å². The van der Waals surface area contributed by atoms with Gasteiger partial charge >= 0.3 is 0 Å². The highest BCUT2D eigenvalue weighted by molar-refractivity contribution is 5.29. The lowest BCUT2D eigenvalue weighted by Crippen LogP contribution is -2.22. The van der Waals surface area contributed by atoms with E-state index in [1.54, 1.807) is 16.9 Å². The fourth-order valence-corrected chi connectivity index (χ4v) is 1.89. The molecule has 1 atom stereocenters. The molecular weight excluding hydrogens is 247 g/mol. The lowest BCUT2D eigenvalue weighted by atomic mass is 10.1. The summed E-state index contributed by atoms with van der Waals surface area (Å²) in [5, 5.41) is 20.0. The summed E-state index contributed by atoms with van der Waals surface area (Å²) in [6.45, 7) is 3.42. The average molecular weight is 264 g/mol. The molecule has 1 aromatic heterocycles. The van der Waals surface area contributed by atoms with E-state index in [-0.39, 0.29) is 11.8 Å². The third kappa shape index (κ3) is 3.75. The highest BCUT2D eigenvalue weighted by Gasteiger charge is 2.10. The minimum atomic E-state index is -0.392. The number of halogens is 1. The van der Waals surface area contributed by atoms with E-state index in [0.29, 0.717) is 5.56 Å². The fourth-order valence-electron chi connectivity index (χ4n) is 1.89. The van der Waals surface area contributed by atoms with Gasteiger partial charge in [-0.1, -0.05) is 11.3 Å². The SMILES string of the molecule is CC(NCCCn1ccnn1)c1ccc(O)cc1F. The van der Waals surface area contributed by atoms with Crippen LogP contribution in [0, 0.1) is 5.82 Å². The summed E-state index contributed by atoms with van der Waals surface area (Å²) in [5.41, 5.74) is 0.554. The maximum atomic E-state index is 13.6. The molecule has 1 heterocycles. The van der Waals surface area contributed by atoms with Crippen molar-refractivity contribution < 1.29 is 9.50 Å². The van der Waals surface area contributed by atoms with Crippen LogP contribution in [0.2, 0.25) is 0 Å². The Bertz CT molecular complexity index is 515. The van der Waals surface area contributed by atoms with Crippen molar-refractivity contribution in [2.24, 2.45) is 0 Å². The van der Waals surface area contributed by atoms with E-state index < -0.39 is 5.82 Å². The summed E-state index contributed by atoms with van der Waals surface area (Å²) in [4.78, 5) is 0. The molecule has 0 bridgehead atoms. The second-order valence-corrected chi connectivity index (χ2v) is 4.40. The molecule has 2 aromatic rings. The maximum absolute atomic E-state index is 13.6. The molecule has 19 heavy (non-hydrogen) atoms. The fraction of sp³-hybridized carbons (Fsp3) is 0.385. The van der Waals surface area contributed by atoms with Gasteiger partial charge in [-0.2, -0.15) is 0 Å². The molecule has 6 heteroatoms. The van der Waals surface area contributed by atoms with Crippen molar-refractivity contribution in [1.82, 2.24) is 20.3 Å². The molecule has 0 aliphatic heterocycles. The third-order valence-corrected chi connectivity index (χ3v) is 2.94. The Labute approximate surface area is 111 Å². The van der Waals surface area contributed by atoms with Gasteiger partial charge < -0.3 is 10.4 Å². The molecule has 0 saturated carbocycles. The van der Waals surface area contributed by atoms with E-state index in [1.807, 2.05) is 13.1 Å². The molecular formula is C13H17FN4O. The maximum Gasteiger partial charge on any atom is 0.131 e. The van der Waals surface area contributed by atoms with Crippen molar-refractivity contribution in [3.05, 3.63) is 42.0 Å². The van der Waals surface area contributed by atoms with Crippen LogP contribution < -0.4 is 5.32 Å². The highest BCUT2D eigenvalue weighted by Crippen LogP contribution is 2.20. The largest absolute Gasteiger partial charge is 0.508 e. The van der Waals surface area contributed by atoms with Gasteiger partial charge in [-0.15, -0.1) is 5.10 Å².